The normalized spacial score (nSPS) is 14.9. The first-order valence-electron chi connectivity index (χ1n) is 11.4. The molecule has 36 heavy (non-hydrogen) atoms. The second-order valence-electron chi connectivity index (χ2n) is 8.62. The van der Waals surface area contributed by atoms with Gasteiger partial charge in [0.05, 0.1) is 30.7 Å². The molecule has 7 nitrogen and oxygen atoms in total. The molecule has 1 aliphatic heterocycles. The summed E-state index contributed by atoms with van der Waals surface area (Å²) in [5, 5.41) is 0.917. The number of nitrogens with zero attached hydrogens (tertiary/aromatic N) is 2. The van der Waals surface area contributed by atoms with Crippen LogP contribution < -0.4 is 15.2 Å². The third-order valence-corrected chi connectivity index (χ3v) is 6.78. The summed E-state index contributed by atoms with van der Waals surface area (Å²) in [6.45, 7) is 0.425. The topological polar surface area (TPSA) is 91.1 Å². The second-order valence-corrected chi connectivity index (χ2v) is 9.06. The molecule has 0 fully saturated rings. The Hall–Kier alpha value is -4.36. The molecule has 1 amide bonds. The summed E-state index contributed by atoms with van der Waals surface area (Å²) >= 11 is 6.14. The molecule has 2 N–H and O–H groups in total. The first kappa shape index (κ1) is 22.1. The molecule has 6 rings (SSSR count). The first-order valence-corrected chi connectivity index (χ1v) is 11.8. The molecule has 178 valence electrons. The molecule has 3 aromatic carbocycles. The lowest BCUT2D eigenvalue weighted by molar-refractivity contribution is -0.118. The lowest BCUT2D eigenvalue weighted by Gasteiger charge is -2.18. The number of carbonyl (C=O) groups excluding carboxylic acids is 1. The van der Waals surface area contributed by atoms with Crippen molar-refractivity contribution < 1.29 is 9.53 Å². The number of fused-ring (bicyclic) bond motifs is 2. The van der Waals surface area contributed by atoms with E-state index in [1.165, 1.54) is 7.11 Å². The van der Waals surface area contributed by atoms with Crippen molar-refractivity contribution in [2.75, 3.05) is 12.0 Å². The van der Waals surface area contributed by atoms with Crippen LogP contribution in [0.1, 0.15) is 22.6 Å². The molecule has 2 aromatic heterocycles. The number of carbonyl (C=O) groups is 1. The zero-order valence-corrected chi connectivity index (χ0v) is 20.0. The van der Waals surface area contributed by atoms with Gasteiger partial charge in [0.1, 0.15) is 5.65 Å². The van der Waals surface area contributed by atoms with Crippen LogP contribution >= 0.6 is 11.6 Å². The Kier molecular flexibility index (Phi) is 5.34. The number of amides is 1. The molecule has 0 saturated heterocycles. The number of halogens is 1. The van der Waals surface area contributed by atoms with Gasteiger partial charge in [-0.05, 0) is 34.9 Å². The van der Waals surface area contributed by atoms with Gasteiger partial charge < -0.3 is 14.6 Å². The number of hydrogen-bond acceptors (Lipinski definition) is 4. The maximum Gasteiger partial charge on any atom is 0.298 e. The van der Waals surface area contributed by atoms with Crippen LogP contribution in [-0.4, -0.2) is 28.0 Å². The van der Waals surface area contributed by atoms with Crippen molar-refractivity contribution in [2.45, 2.75) is 12.5 Å². The minimum Gasteiger partial charge on any atom is -0.468 e. The van der Waals surface area contributed by atoms with E-state index in [9.17, 15) is 9.59 Å². The fraction of sp³-hybridized carbons (Fsp3) is 0.107. The van der Waals surface area contributed by atoms with Gasteiger partial charge in [0.25, 0.3) is 11.6 Å². The van der Waals surface area contributed by atoms with Crippen LogP contribution in [0.5, 0.6) is 6.01 Å². The van der Waals surface area contributed by atoms with Gasteiger partial charge in [0, 0.05) is 16.3 Å². The van der Waals surface area contributed by atoms with E-state index in [0.29, 0.717) is 33.9 Å². The Bertz CT molecular complexity index is 1660. The summed E-state index contributed by atoms with van der Waals surface area (Å²) in [7, 11) is 1.44. The zero-order valence-electron chi connectivity index (χ0n) is 19.3. The number of para-hydroxylation sites is 1. The van der Waals surface area contributed by atoms with Crippen molar-refractivity contribution in [3.8, 4) is 17.3 Å². The molecule has 0 aliphatic carbocycles. The highest BCUT2D eigenvalue weighted by atomic mass is 35.5. The Morgan fingerprint density at radius 1 is 0.944 bits per heavy atom. The minimum atomic E-state index is -0.694. The van der Waals surface area contributed by atoms with Gasteiger partial charge in [-0.3, -0.25) is 14.6 Å². The smallest absolute Gasteiger partial charge is 0.298 e. The molecule has 1 aliphatic rings. The zero-order chi connectivity index (χ0) is 24.8. The van der Waals surface area contributed by atoms with Gasteiger partial charge in [0.2, 0.25) is 5.91 Å². The van der Waals surface area contributed by atoms with Crippen molar-refractivity contribution in [1.29, 1.82) is 0 Å². The van der Waals surface area contributed by atoms with Gasteiger partial charge in [-0.2, -0.15) is 4.98 Å². The van der Waals surface area contributed by atoms with Crippen LogP contribution in [0.15, 0.2) is 83.7 Å². The molecule has 0 saturated carbocycles. The largest absolute Gasteiger partial charge is 0.468 e. The lowest BCUT2D eigenvalue weighted by Crippen LogP contribution is -2.29. The number of benzene rings is 3. The SMILES string of the molecule is COc1nc2[nH]c(-c3ccc(Cl)cc3)c(C3C(=O)N(Cc4ccccc4)c4ccccc43)c2c(=O)[nH]1. The van der Waals surface area contributed by atoms with Gasteiger partial charge in [-0.15, -0.1) is 0 Å². The van der Waals surface area contributed by atoms with Crippen LogP contribution in [0.2, 0.25) is 5.02 Å². The summed E-state index contributed by atoms with van der Waals surface area (Å²) in [5.41, 5.74) is 4.66. The van der Waals surface area contributed by atoms with Gasteiger partial charge >= 0.3 is 0 Å². The molecule has 0 bridgehead atoms. The maximum atomic E-state index is 14.1. The van der Waals surface area contributed by atoms with Crippen LogP contribution in [0.25, 0.3) is 22.3 Å². The van der Waals surface area contributed by atoms with E-state index >= 15 is 0 Å². The Morgan fingerprint density at radius 2 is 1.67 bits per heavy atom. The maximum absolute atomic E-state index is 14.1. The number of rotatable bonds is 5. The van der Waals surface area contributed by atoms with E-state index in [1.54, 1.807) is 17.0 Å². The molecular formula is C28H21ClN4O3. The van der Waals surface area contributed by atoms with Crippen molar-refractivity contribution >= 4 is 34.2 Å². The molecule has 0 spiro atoms. The summed E-state index contributed by atoms with van der Waals surface area (Å²) in [4.78, 5) is 39.6. The average molecular weight is 497 g/mol. The van der Waals surface area contributed by atoms with Crippen LogP contribution in [0.3, 0.4) is 0 Å². The number of aromatic nitrogens is 3. The third kappa shape index (κ3) is 3.56. The summed E-state index contributed by atoms with van der Waals surface area (Å²) < 4.78 is 5.18. The van der Waals surface area contributed by atoms with Crippen LogP contribution in [0.4, 0.5) is 5.69 Å². The van der Waals surface area contributed by atoms with Gasteiger partial charge in [0.15, 0.2) is 0 Å². The molecule has 5 aromatic rings. The second kappa shape index (κ2) is 8.70. The van der Waals surface area contributed by atoms with Crippen molar-refractivity contribution in [1.82, 2.24) is 15.0 Å². The molecular weight excluding hydrogens is 476 g/mol. The van der Waals surface area contributed by atoms with Crippen LogP contribution in [-0.2, 0) is 11.3 Å². The number of nitrogens with one attached hydrogen (secondary N) is 2. The fourth-order valence-corrected chi connectivity index (χ4v) is 5.05. The predicted molar refractivity (Wildman–Crippen MR) is 140 cm³/mol. The van der Waals surface area contributed by atoms with Crippen molar-refractivity contribution in [2.24, 2.45) is 0 Å². The Morgan fingerprint density at radius 3 is 2.42 bits per heavy atom. The summed E-state index contributed by atoms with van der Waals surface area (Å²) in [5.74, 6) is -0.799. The number of methoxy groups -OCH3 is 1. The number of aromatic amines is 2. The monoisotopic (exact) mass is 496 g/mol. The predicted octanol–water partition coefficient (Wildman–Crippen LogP) is 5.26. The molecule has 1 atom stereocenters. The van der Waals surface area contributed by atoms with Gasteiger partial charge in [-0.1, -0.05) is 72.3 Å². The molecule has 8 heteroatoms. The number of anilines is 1. The first-order chi connectivity index (χ1) is 17.5. The third-order valence-electron chi connectivity index (χ3n) is 6.53. The van der Waals surface area contributed by atoms with Crippen LogP contribution in [0, 0.1) is 0 Å². The van der Waals surface area contributed by atoms with E-state index in [-0.39, 0.29) is 17.5 Å². The Balaban J connectivity index is 1.59. The Labute approximate surface area is 211 Å². The van der Waals surface area contributed by atoms with Gasteiger partial charge in [-0.25, -0.2) is 0 Å². The van der Waals surface area contributed by atoms with E-state index in [0.717, 1.165) is 22.4 Å². The van der Waals surface area contributed by atoms with Crippen molar-refractivity contribution in [3.05, 3.63) is 111 Å². The van der Waals surface area contributed by atoms with E-state index in [2.05, 4.69) is 15.0 Å². The summed E-state index contributed by atoms with van der Waals surface area (Å²) in [6.07, 6.45) is 0. The van der Waals surface area contributed by atoms with E-state index in [1.807, 2.05) is 66.7 Å². The summed E-state index contributed by atoms with van der Waals surface area (Å²) in [6, 6.07) is 24.9. The fourth-order valence-electron chi connectivity index (χ4n) is 4.93. The van der Waals surface area contributed by atoms with Crippen molar-refractivity contribution in [3.63, 3.8) is 0 Å². The molecule has 0 radical (unpaired) electrons. The number of hydrogen-bond donors (Lipinski definition) is 2. The standard InChI is InChI=1S/C28H21ClN4O3/c1-36-28-31-25-23(26(34)32-28)22(24(30-25)17-11-13-18(29)14-12-17)21-19-9-5-6-10-20(19)33(27(21)35)15-16-7-3-2-4-8-16/h2-14,21H,15H2,1H3,(H2,30,31,32,34). The highest BCUT2D eigenvalue weighted by Crippen LogP contribution is 2.46. The van der Waals surface area contributed by atoms with E-state index < -0.39 is 5.92 Å². The highest BCUT2D eigenvalue weighted by Gasteiger charge is 2.41. The number of H-pyrrole nitrogens is 2. The lowest BCUT2D eigenvalue weighted by atomic mass is 9.89. The average Bonchev–Trinajstić information content (AvgIpc) is 3.40. The van der Waals surface area contributed by atoms with E-state index in [4.69, 9.17) is 16.3 Å². The minimum absolute atomic E-state index is 0.0896. The molecule has 1 unspecified atom stereocenters. The number of ether oxygens (including phenoxy) is 1. The molecule has 3 heterocycles. The quantitative estimate of drug-likeness (QED) is 0.347. The highest BCUT2D eigenvalue weighted by molar-refractivity contribution is 6.30.